The van der Waals surface area contributed by atoms with Gasteiger partial charge < -0.3 is 10.1 Å². The van der Waals surface area contributed by atoms with Gasteiger partial charge in [-0.1, -0.05) is 17.7 Å². The maximum atomic E-state index is 6.12. The van der Waals surface area contributed by atoms with Gasteiger partial charge >= 0.3 is 0 Å². The zero-order valence-electron chi connectivity index (χ0n) is 15.5. The highest BCUT2D eigenvalue weighted by Crippen LogP contribution is 2.33. The number of hydrogen-bond donors (Lipinski definition) is 1. The molecule has 0 amide bonds. The van der Waals surface area contributed by atoms with Gasteiger partial charge in [0.15, 0.2) is 0 Å². The Morgan fingerprint density at radius 1 is 1.22 bits per heavy atom. The van der Waals surface area contributed by atoms with Crippen LogP contribution in [-0.2, 0) is 13.0 Å². The van der Waals surface area contributed by atoms with Crippen LogP contribution in [0.2, 0.25) is 5.02 Å². The quantitative estimate of drug-likeness (QED) is 0.626. The third kappa shape index (κ3) is 4.15. The molecule has 1 unspecified atom stereocenters. The molecule has 1 atom stereocenters. The molecule has 1 aliphatic rings. The Labute approximate surface area is 165 Å². The monoisotopic (exact) mass is 383 g/mol. The maximum Gasteiger partial charge on any atom is 0.137 e. The zero-order chi connectivity index (χ0) is 18.6. The van der Waals surface area contributed by atoms with Crippen LogP contribution in [0.1, 0.15) is 48.7 Å². The molecule has 142 valence electrons. The standard InChI is InChI=1S/C21H26ClN5/c22-17-8-9-20-25-18(15-27(20)13-17)14-26(12-2-1-10-23)19-7-3-5-16-6-4-11-24-21(16)19/h4,6,8-9,11,13,15,19H,1-3,5,7,10,12,14,23H2. The van der Waals surface area contributed by atoms with E-state index in [1.165, 1.54) is 17.7 Å². The maximum absolute atomic E-state index is 6.12. The number of aromatic nitrogens is 3. The molecule has 0 aliphatic heterocycles. The van der Waals surface area contributed by atoms with Gasteiger partial charge in [-0.3, -0.25) is 9.88 Å². The number of unbranched alkanes of at least 4 members (excludes halogenated alkanes) is 1. The molecular formula is C21H26ClN5. The molecular weight excluding hydrogens is 358 g/mol. The van der Waals surface area contributed by atoms with Crippen LogP contribution in [0.4, 0.5) is 0 Å². The van der Waals surface area contributed by atoms with Gasteiger partial charge in [0, 0.05) is 25.1 Å². The fourth-order valence-corrected chi connectivity index (χ4v) is 4.21. The lowest BCUT2D eigenvalue weighted by Crippen LogP contribution is -2.33. The Balaban J connectivity index is 1.60. The lowest BCUT2D eigenvalue weighted by molar-refractivity contribution is 0.161. The van der Waals surface area contributed by atoms with Crippen molar-refractivity contribution in [3.8, 4) is 0 Å². The summed E-state index contributed by atoms with van der Waals surface area (Å²) >= 11 is 6.12. The lowest BCUT2D eigenvalue weighted by atomic mass is 9.90. The van der Waals surface area contributed by atoms with E-state index in [4.69, 9.17) is 27.3 Å². The van der Waals surface area contributed by atoms with Gasteiger partial charge in [-0.05, 0) is 69.0 Å². The number of pyridine rings is 2. The van der Waals surface area contributed by atoms with Crippen LogP contribution in [0.5, 0.6) is 0 Å². The largest absolute Gasteiger partial charge is 0.330 e. The zero-order valence-corrected chi connectivity index (χ0v) is 16.3. The van der Waals surface area contributed by atoms with Crippen molar-refractivity contribution in [2.24, 2.45) is 5.73 Å². The molecule has 6 heteroatoms. The molecule has 5 nitrogen and oxygen atoms in total. The second-order valence-electron chi connectivity index (χ2n) is 7.27. The summed E-state index contributed by atoms with van der Waals surface area (Å²) in [5.41, 5.74) is 10.3. The molecule has 0 saturated heterocycles. The number of fused-ring (bicyclic) bond motifs is 2. The first-order valence-corrected chi connectivity index (χ1v) is 10.1. The van der Waals surface area contributed by atoms with Crippen molar-refractivity contribution in [2.45, 2.75) is 44.7 Å². The van der Waals surface area contributed by atoms with Crippen LogP contribution in [0, 0.1) is 0 Å². The molecule has 0 bridgehead atoms. The summed E-state index contributed by atoms with van der Waals surface area (Å²) in [6.45, 7) is 2.55. The molecule has 0 saturated carbocycles. The molecule has 0 fully saturated rings. The minimum atomic E-state index is 0.348. The summed E-state index contributed by atoms with van der Waals surface area (Å²) in [4.78, 5) is 12.1. The Kier molecular flexibility index (Phi) is 5.72. The molecule has 27 heavy (non-hydrogen) atoms. The van der Waals surface area contributed by atoms with Crippen LogP contribution in [0.3, 0.4) is 0 Å². The van der Waals surface area contributed by atoms with Crippen molar-refractivity contribution in [3.63, 3.8) is 0 Å². The SMILES string of the molecule is NCCCCN(Cc1cn2cc(Cl)ccc2n1)C1CCCc2cccnc21. The molecule has 3 aromatic heterocycles. The van der Waals surface area contributed by atoms with Crippen LogP contribution in [-0.4, -0.2) is 32.4 Å². The minimum Gasteiger partial charge on any atom is -0.330 e. The first kappa shape index (κ1) is 18.4. The smallest absolute Gasteiger partial charge is 0.137 e. The van der Waals surface area contributed by atoms with Gasteiger partial charge in [0.1, 0.15) is 5.65 Å². The van der Waals surface area contributed by atoms with Gasteiger partial charge in [-0.25, -0.2) is 4.98 Å². The third-order valence-corrected chi connectivity index (χ3v) is 5.56. The van der Waals surface area contributed by atoms with Crippen molar-refractivity contribution < 1.29 is 0 Å². The van der Waals surface area contributed by atoms with E-state index >= 15 is 0 Å². The number of imidazole rings is 1. The summed E-state index contributed by atoms with van der Waals surface area (Å²) in [5.74, 6) is 0. The molecule has 2 N–H and O–H groups in total. The van der Waals surface area contributed by atoms with E-state index in [9.17, 15) is 0 Å². The van der Waals surface area contributed by atoms with Gasteiger partial charge in [0.05, 0.1) is 22.5 Å². The van der Waals surface area contributed by atoms with Crippen LogP contribution < -0.4 is 5.73 Å². The number of nitrogens with zero attached hydrogens (tertiary/aromatic N) is 4. The normalized spacial score (nSPS) is 16.8. The van der Waals surface area contributed by atoms with Gasteiger partial charge in [0.2, 0.25) is 0 Å². The Morgan fingerprint density at radius 3 is 3.04 bits per heavy atom. The number of halogens is 1. The van der Waals surface area contributed by atoms with E-state index < -0.39 is 0 Å². The number of rotatable bonds is 7. The first-order chi connectivity index (χ1) is 13.2. The Morgan fingerprint density at radius 2 is 2.15 bits per heavy atom. The fraction of sp³-hybridized carbons (Fsp3) is 0.429. The summed E-state index contributed by atoms with van der Waals surface area (Å²) < 4.78 is 2.00. The highest BCUT2D eigenvalue weighted by atomic mass is 35.5. The first-order valence-electron chi connectivity index (χ1n) is 9.75. The average molecular weight is 384 g/mol. The van der Waals surface area contributed by atoms with Crippen molar-refractivity contribution in [1.29, 1.82) is 0 Å². The molecule has 1 aliphatic carbocycles. The summed E-state index contributed by atoms with van der Waals surface area (Å²) in [5, 5.41) is 0.719. The summed E-state index contributed by atoms with van der Waals surface area (Å²) in [7, 11) is 0. The van der Waals surface area contributed by atoms with E-state index in [2.05, 4.69) is 17.2 Å². The van der Waals surface area contributed by atoms with E-state index in [1.54, 1.807) is 0 Å². The summed E-state index contributed by atoms with van der Waals surface area (Å²) in [6, 6.07) is 8.46. The number of nitrogens with two attached hydrogens (primary N) is 1. The van der Waals surface area contributed by atoms with Gasteiger partial charge in [-0.2, -0.15) is 0 Å². The predicted molar refractivity (Wildman–Crippen MR) is 109 cm³/mol. The molecule has 3 aromatic rings. The van der Waals surface area contributed by atoms with Crippen molar-refractivity contribution in [1.82, 2.24) is 19.3 Å². The van der Waals surface area contributed by atoms with E-state index in [1.807, 2.05) is 35.0 Å². The van der Waals surface area contributed by atoms with Crippen LogP contribution >= 0.6 is 11.6 Å². The molecule has 0 radical (unpaired) electrons. The topological polar surface area (TPSA) is 59.5 Å². The van der Waals surface area contributed by atoms with Crippen molar-refractivity contribution in [2.75, 3.05) is 13.1 Å². The highest BCUT2D eigenvalue weighted by molar-refractivity contribution is 6.30. The lowest BCUT2D eigenvalue weighted by Gasteiger charge is -2.34. The minimum absolute atomic E-state index is 0.348. The van der Waals surface area contributed by atoms with E-state index in [-0.39, 0.29) is 0 Å². The van der Waals surface area contributed by atoms with E-state index in [0.717, 1.165) is 61.7 Å². The third-order valence-electron chi connectivity index (χ3n) is 5.34. The van der Waals surface area contributed by atoms with Gasteiger partial charge in [-0.15, -0.1) is 0 Å². The van der Waals surface area contributed by atoms with Crippen molar-refractivity contribution in [3.05, 3.63) is 64.8 Å². The summed E-state index contributed by atoms with van der Waals surface area (Å²) in [6.07, 6.45) is 11.5. The number of aryl methyl sites for hydroxylation is 1. The highest BCUT2D eigenvalue weighted by Gasteiger charge is 2.27. The average Bonchev–Trinajstić information content (AvgIpc) is 3.08. The van der Waals surface area contributed by atoms with Crippen LogP contribution in [0.15, 0.2) is 42.9 Å². The predicted octanol–water partition coefficient (Wildman–Crippen LogP) is 4.00. The van der Waals surface area contributed by atoms with Gasteiger partial charge in [0.25, 0.3) is 0 Å². The molecule has 4 rings (SSSR count). The molecule has 0 aromatic carbocycles. The molecule has 3 heterocycles. The van der Waals surface area contributed by atoms with Crippen molar-refractivity contribution >= 4 is 17.2 Å². The fourth-order valence-electron chi connectivity index (χ4n) is 4.05. The number of hydrogen-bond acceptors (Lipinski definition) is 4. The van der Waals surface area contributed by atoms with Crippen LogP contribution in [0.25, 0.3) is 5.65 Å². The Bertz CT molecular complexity index is 906. The van der Waals surface area contributed by atoms with E-state index in [0.29, 0.717) is 6.04 Å². The second-order valence-corrected chi connectivity index (χ2v) is 7.70. The molecule has 0 spiro atoms. The Hall–Kier alpha value is -1.95. The second kappa shape index (κ2) is 8.38.